The summed E-state index contributed by atoms with van der Waals surface area (Å²) in [5, 5.41) is 21.4. The highest BCUT2D eigenvalue weighted by Gasteiger charge is 2.24. The lowest BCUT2D eigenvalue weighted by molar-refractivity contribution is 0.177. The topological polar surface area (TPSA) is 59.0 Å². The van der Waals surface area contributed by atoms with Gasteiger partial charge >= 0.3 is 0 Å². The highest BCUT2D eigenvalue weighted by atomic mass is 35.5. The van der Waals surface area contributed by atoms with Crippen LogP contribution in [-0.2, 0) is 0 Å². The van der Waals surface area contributed by atoms with Crippen molar-refractivity contribution in [2.24, 2.45) is 0 Å². The third kappa shape index (κ3) is 7.80. The van der Waals surface area contributed by atoms with Crippen LogP contribution in [0.25, 0.3) is 0 Å². The number of aromatic hydroxyl groups is 1. The van der Waals surface area contributed by atoms with E-state index in [1.807, 2.05) is 11.8 Å². The minimum absolute atomic E-state index is 0. The maximum Gasteiger partial charge on any atom is 0.115 e. The first-order valence-electron chi connectivity index (χ1n) is 10.8. The van der Waals surface area contributed by atoms with Crippen molar-refractivity contribution in [3.8, 4) is 5.75 Å². The molecule has 1 unspecified atom stereocenters. The number of hydrogen-bond donors (Lipinski definition) is 3. The Kier molecular flexibility index (Phi) is 12.8. The summed E-state index contributed by atoms with van der Waals surface area (Å²) in [5.74, 6) is 0.183. The van der Waals surface area contributed by atoms with Gasteiger partial charge in [-0.15, -0.1) is 24.8 Å². The fourth-order valence-corrected chi connectivity index (χ4v) is 4.54. The van der Waals surface area contributed by atoms with Crippen molar-refractivity contribution < 1.29 is 10.2 Å². The average Bonchev–Trinajstić information content (AvgIpc) is 2.79. The second-order valence-electron chi connectivity index (χ2n) is 8.13. The van der Waals surface area contributed by atoms with Crippen molar-refractivity contribution >= 4 is 48.0 Å². The molecular weight excluding hydrogens is 489 g/mol. The minimum atomic E-state index is -0.554. The predicted molar refractivity (Wildman–Crippen MR) is 149 cm³/mol. The molecule has 0 radical (unpaired) electrons. The number of anilines is 2. The minimum Gasteiger partial charge on any atom is -0.508 e. The van der Waals surface area contributed by atoms with E-state index in [-0.39, 0.29) is 30.6 Å². The molecule has 34 heavy (non-hydrogen) atoms. The summed E-state index contributed by atoms with van der Waals surface area (Å²) in [7, 11) is 6.05. The number of phenols is 1. The molecule has 0 spiro atoms. The van der Waals surface area contributed by atoms with E-state index < -0.39 is 6.10 Å². The molecule has 2 atom stereocenters. The number of phenolic OH excluding ortho intramolecular Hbond substituents is 1. The highest BCUT2D eigenvalue weighted by molar-refractivity contribution is 7.99. The fourth-order valence-electron chi connectivity index (χ4n) is 3.45. The van der Waals surface area contributed by atoms with Crippen LogP contribution in [0, 0.1) is 0 Å². The van der Waals surface area contributed by atoms with Gasteiger partial charge < -0.3 is 25.3 Å². The van der Waals surface area contributed by atoms with Crippen LogP contribution < -0.4 is 10.2 Å². The number of aliphatic hydroxyl groups excluding tert-OH is 1. The Morgan fingerprint density at radius 3 is 1.97 bits per heavy atom. The van der Waals surface area contributed by atoms with Crippen LogP contribution in [0.1, 0.15) is 18.6 Å². The third-order valence-corrected chi connectivity index (χ3v) is 6.64. The van der Waals surface area contributed by atoms with Crippen molar-refractivity contribution in [1.29, 1.82) is 0 Å². The quantitative estimate of drug-likeness (QED) is 0.383. The van der Waals surface area contributed by atoms with E-state index in [0.717, 1.165) is 12.1 Å². The second-order valence-corrected chi connectivity index (χ2v) is 9.21. The zero-order chi connectivity index (χ0) is 23.1. The molecule has 0 fully saturated rings. The van der Waals surface area contributed by atoms with Gasteiger partial charge in [0, 0.05) is 28.9 Å². The maximum absolute atomic E-state index is 9.47. The van der Waals surface area contributed by atoms with Gasteiger partial charge in [0.15, 0.2) is 0 Å². The molecule has 1 aliphatic rings. The Bertz CT molecular complexity index is 977. The summed E-state index contributed by atoms with van der Waals surface area (Å²) < 4.78 is 0. The van der Waals surface area contributed by atoms with Crippen molar-refractivity contribution in [2.75, 3.05) is 39.1 Å². The molecule has 0 saturated heterocycles. The molecule has 3 aromatic carbocycles. The number of hydrogen-bond acceptors (Lipinski definition) is 6. The molecular formula is C26H35Cl2N3O2S. The van der Waals surface area contributed by atoms with E-state index in [0.29, 0.717) is 12.6 Å². The van der Waals surface area contributed by atoms with E-state index in [9.17, 15) is 5.11 Å². The molecule has 5 nitrogen and oxygen atoms in total. The average molecular weight is 525 g/mol. The van der Waals surface area contributed by atoms with Gasteiger partial charge in [-0.1, -0.05) is 48.2 Å². The van der Waals surface area contributed by atoms with Crippen LogP contribution in [-0.4, -0.2) is 55.4 Å². The molecule has 0 saturated carbocycles. The van der Waals surface area contributed by atoms with Gasteiger partial charge in [-0.3, -0.25) is 0 Å². The van der Waals surface area contributed by atoms with Crippen molar-refractivity contribution in [1.82, 2.24) is 10.2 Å². The van der Waals surface area contributed by atoms with Gasteiger partial charge in [0.05, 0.1) is 17.5 Å². The van der Waals surface area contributed by atoms with Crippen LogP contribution in [0.2, 0.25) is 0 Å². The molecule has 8 heteroatoms. The monoisotopic (exact) mass is 523 g/mol. The summed E-state index contributed by atoms with van der Waals surface area (Å²) in [5.41, 5.74) is 3.37. The zero-order valence-corrected chi connectivity index (χ0v) is 22.5. The first-order valence-corrected chi connectivity index (χ1v) is 11.6. The molecule has 0 bridgehead atoms. The maximum atomic E-state index is 9.47. The number of fused-ring (bicyclic) bond motifs is 2. The summed E-state index contributed by atoms with van der Waals surface area (Å²) in [6.07, 6.45) is -0.554. The molecule has 1 aliphatic heterocycles. The number of halogens is 2. The lowest BCUT2D eigenvalue weighted by Crippen LogP contribution is -2.37. The number of aliphatic hydroxyl groups is 1. The SMILES string of the molecule is CC(CN1c2ccccc2Sc2ccccc21)N(C)C.CNC[C@@H](O)c1cccc(O)c1.Cl.Cl. The molecule has 0 aromatic heterocycles. The highest BCUT2D eigenvalue weighted by Crippen LogP contribution is 2.47. The van der Waals surface area contributed by atoms with Gasteiger partial charge in [0.2, 0.25) is 0 Å². The van der Waals surface area contributed by atoms with Gasteiger partial charge in [-0.25, -0.2) is 0 Å². The largest absolute Gasteiger partial charge is 0.508 e. The molecule has 0 aliphatic carbocycles. The smallest absolute Gasteiger partial charge is 0.115 e. The van der Waals surface area contributed by atoms with Gasteiger partial charge in [0.1, 0.15) is 5.75 Å². The second kappa shape index (κ2) is 14.5. The Hall–Kier alpha value is -1.93. The molecule has 3 aromatic rings. The number of rotatable bonds is 6. The van der Waals surface area contributed by atoms with Crippen molar-refractivity contribution in [3.05, 3.63) is 78.4 Å². The summed E-state index contributed by atoms with van der Waals surface area (Å²) in [6.45, 7) is 3.76. The normalized spacial score (nSPS) is 13.3. The van der Waals surface area contributed by atoms with Crippen molar-refractivity contribution in [2.45, 2.75) is 28.9 Å². The van der Waals surface area contributed by atoms with E-state index >= 15 is 0 Å². The van der Waals surface area contributed by atoms with Gasteiger partial charge in [-0.05, 0) is 70.0 Å². The number of nitrogens with zero attached hydrogens (tertiary/aromatic N) is 2. The van der Waals surface area contributed by atoms with E-state index in [2.05, 4.69) is 84.7 Å². The van der Waals surface area contributed by atoms with E-state index in [1.165, 1.54) is 21.2 Å². The molecule has 3 N–H and O–H groups in total. The van der Waals surface area contributed by atoms with Gasteiger partial charge in [-0.2, -0.15) is 0 Å². The molecule has 4 rings (SSSR count). The molecule has 1 heterocycles. The van der Waals surface area contributed by atoms with E-state index in [4.69, 9.17) is 5.11 Å². The lowest BCUT2D eigenvalue weighted by atomic mass is 10.1. The van der Waals surface area contributed by atoms with Crippen LogP contribution in [0.5, 0.6) is 5.75 Å². The van der Waals surface area contributed by atoms with E-state index in [1.54, 1.807) is 31.3 Å². The molecule has 0 amide bonds. The van der Waals surface area contributed by atoms with Gasteiger partial charge in [0.25, 0.3) is 0 Å². The van der Waals surface area contributed by atoms with Crippen LogP contribution in [0.15, 0.2) is 82.6 Å². The summed E-state index contributed by atoms with van der Waals surface area (Å²) >= 11 is 1.87. The summed E-state index contributed by atoms with van der Waals surface area (Å²) in [6, 6.07) is 24.5. The Morgan fingerprint density at radius 1 is 0.912 bits per heavy atom. The Morgan fingerprint density at radius 2 is 1.47 bits per heavy atom. The number of nitrogens with one attached hydrogen (secondary N) is 1. The first-order chi connectivity index (χ1) is 15.4. The van der Waals surface area contributed by atoms with Crippen LogP contribution in [0.3, 0.4) is 0 Å². The Balaban J connectivity index is 0.000000360. The first kappa shape index (κ1) is 30.1. The molecule has 186 valence electrons. The number of benzene rings is 3. The van der Waals surface area contributed by atoms with Crippen LogP contribution in [0.4, 0.5) is 11.4 Å². The fraction of sp³-hybridized carbons (Fsp3) is 0.308. The van der Waals surface area contributed by atoms with Crippen LogP contribution >= 0.6 is 36.6 Å². The predicted octanol–water partition coefficient (Wildman–Crippen LogP) is 5.73. The standard InChI is InChI=1S/C17H20N2S.C9H13NO2.2ClH/c1-13(18(2)3)12-19-14-8-4-6-10-16(14)20-17-11-7-5-9-15(17)19;1-10-6-9(12)7-3-2-4-8(11)5-7;;/h4-11,13H,12H2,1-3H3;2-5,9-12H,6H2,1H3;2*1H/t;9-;;/m.1../s1. The number of likely N-dealkylation sites (N-methyl/N-ethyl adjacent to an activating group) is 2. The Labute approximate surface area is 220 Å². The summed E-state index contributed by atoms with van der Waals surface area (Å²) in [4.78, 5) is 7.41. The third-order valence-electron chi connectivity index (χ3n) is 5.51. The zero-order valence-electron chi connectivity index (χ0n) is 20.0. The lowest BCUT2D eigenvalue weighted by Gasteiger charge is -2.36. The number of para-hydroxylation sites is 2. The van der Waals surface area contributed by atoms with Crippen molar-refractivity contribution in [3.63, 3.8) is 0 Å².